The molecule has 6 heteroatoms. The van der Waals surface area contributed by atoms with Gasteiger partial charge in [0.2, 0.25) is 0 Å². The minimum absolute atomic E-state index is 0.119. The summed E-state index contributed by atoms with van der Waals surface area (Å²) >= 11 is 0. The molecule has 0 unspecified atom stereocenters. The number of carboxylic acids is 1. The van der Waals surface area contributed by atoms with E-state index in [1.165, 1.54) is 0 Å². The number of carbonyl (C=O) groups is 1. The van der Waals surface area contributed by atoms with Crippen LogP contribution in [0, 0.1) is 0 Å². The van der Waals surface area contributed by atoms with Crippen molar-refractivity contribution >= 4 is 11.6 Å². The van der Waals surface area contributed by atoms with Crippen LogP contribution in [0.25, 0.3) is 16.9 Å². The largest absolute Gasteiger partial charge is 0.489 e. The number of carboxylic acid groups (broad SMARTS) is 1. The fourth-order valence-electron chi connectivity index (χ4n) is 2.79. The third kappa shape index (κ3) is 3.95. The van der Waals surface area contributed by atoms with E-state index in [1.807, 2.05) is 66.7 Å². The molecule has 0 aliphatic rings. The van der Waals surface area contributed by atoms with Gasteiger partial charge in [0, 0.05) is 5.56 Å². The van der Waals surface area contributed by atoms with E-state index in [2.05, 4.69) is 10.1 Å². The monoisotopic (exact) mass is 359 g/mol. The van der Waals surface area contributed by atoms with Crippen LogP contribution >= 0.6 is 0 Å². The molecule has 0 aliphatic carbocycles. The van der Waals surface area contributed by atoms with Crippen LogP contribution in [0.5, 0.6) is 5.75 Å². The van der Waals surface area contributed by atoms with Crippen molar-refractivity contribution in [2.45, 2.75) is 13.0 Å². The van der Waals surface area contributed by atoms with Crippen LogP contribution in [-0.4, -0.2) is 25.7 Å². The highest BCUT2D eigenvalue weighted by atomic mass is 16.5. The Labute approximate surface area is 155 Å². The van der Waals surface area contributed by atoms with E-state index in [9.17, 15) is 4.79 Å². The average molecular weight is 359 g/mol. The van der Waals surface area contributed by atoms with Crippen LogP contribution in [0.15, 0.2) is 72.9 Å². The number of aliphatic carboxylic acids is 1. The molecule has 0 aliphatic heterocycles. The van der Waals surface area contributed by atoms with Crippen LogP contribution < -0.4 is 4.74 Å². The summed E-state index contributed by atoms with van der Waals surface area (Å²) in [6.45, 7) is 0.520. The van der Waals surface area contributed by atoms with Gasteiger partial charge >= 0.3 is 5.97 Å². The summed E-state index contributed by atoms with van der Waals surface area (Å²) in [5, 5.41) is 13.4. The summed E-state index contributed by atoms with van der Waals surface area (Å²) in [5.74, 6) is -0.125. The zero-order chi connectivity index (χ0) is 18.6. The predicted octanol–water partition coefficient (Wildman–Crippen LogP) is 3.60. The number of imidazole rings is 1. The van der Waals surface area contributed by atoms with Gasteiger partial charge in [-0.2, -0.15) is 5.10 Å². The maximum Gasteiger partial charge on any atom is 0.309 e. The van der Waals surface area contributed by atoms with Gasteiger partial charge in [0.15, 0.2) is 5.65 Å². The first-order valence-corrected chi connectivity index (χ1v) is 8.52. The molecule has 4 rings (SSSR count). The van der Waals surface area contributed by atoms with E-state index >= 15 is 0 Å². The van der Waals surface area contributed by atoms with Crippen molar-refractivity contribution in [1.29, 1.82) is 0 Å². The number of hydrogen-bond donors (Lipinski definition) is 1. The van der Waals surface area contributed by atoms with Gasteiger partial charge in [-0.05, 0) is 42.0 Å². The Balaban J connectivity index is 1.50. The smallest absolute Gasteiger partial charge is 0.309 e. The number of fused-ring (bicyclic) bond motifs is 1. The first-order chi connectivity index (χ1) is 13.2. The number of aromatic nitrogens is 3. The van der Waals surface area contributed by atoms with Crippen LogP contribution in [0.2, 0.25) is 0 Å². The Morgan fingerprint density at radius 1 is 1.00 bits per heavy atom. The molecule has 2 heterocycles. The molecular formula is C21H17N3O3. The normalized spacial score (nSPS) is 10.8. The molecule has 0 amide bonds. The molecule has 0 fully saturated rings. The zero-order valence-corrected chi connectivity index (χ0v) is 14.4. The molecule has 0 atom stereocenters. The average Bonchev–Trinajstić information content (AvgIpc) is 3.08. The molecular weight excluding hydrogens is 342 g/mol. The van der Waals surface area contributed by atoms with Gasteiger partial charge in [-0.25, -0.2) is 9.50 Å². The second-order valence-corrected chi connectivity index (χ2v) is 6.12. The number of hydrogen-bond acceptors (Lipinski definition) is 4. The summed E-state index contributed by atoms with van der Waals surface area (Å²) in [5.41, 5.74) is 3.94. The molecule has 4 aromatic rings. The van der Waals surface area contributed by atoms with Crippen LogP contribution in [0.4, 0.5) is 0 Å². The van der Waals surface area contributed by atoms with Gasteiger partial charge in [-0.1, -0.05) is 30.3 Å². The van der Waals surface area contributed by atoms with Gasteiger partial charge in [-0.15, -0.1) is 0 Å². The topological polar surface area (TPSA) is 76.7 Å². The Morgan fingerprint density at radius 3 is 2.52 bits per heavy atom. The van der Waals surface area contributed by atoms with E-state index in [-0.39, 0.29) is 6.42 Å². The molecule has 0 bridgehead atoms. The van der Waals surface area contributed by atoms with Gasteiger partial charge in [0.25, 0.3) is 0 Å². The summed E-state index contributed by atoms with van der Waals surface area (Å²) in [4.78, 5) is 15.1. The Bertz CT molecular complexity index is 1070. The quantitative estimate of drug-likeness (QED) is 0.569. The number of nitrogens with zero attached hydrogens (tertiary/aromatic N) is 3. The van der Waals surface area contributed by atoms with Gasteiger partial charge in [0.1, 0.15) is 12.4 Å². The van der Waals surface area contributed by atoms with Crippen LogP contribution in [0.3, 0.4) is 0 Å². The summed E-state index contributed by atoms with van der Waals surface area (Å²) in [7, 11) is 0. The highest BCUT2D eigenvalue weighted by molar-refractivity contribution is 5.70. The molecule has 1 N–H and O–H groups in total. The number of rotatable bonds is 6. The lowest BCUT2D eigenvalue weighted by Crippen LogP contribution is -1.99. The maximum absolute atomic E-state index is 10.8. The SMILES string of the molecule is O=C(O)Cc1cn2nc(-c3ccc(OCc4ccccc4)cc3)ccc2n1. The number of benzene rings is 2. The first kappa shape index (κ1) is 16.8. The number of ether oxygens (including phenoxy) is 1. The van der Waals surface area contributed by atoms with Crippen molar-refractivity contribution in [3.05, 3.63) is 84.2 Å². The zero-order valence-electron chi connectivity index (χ0n) is 14.4. The van der Waals surface area contributed by atoms with Crippen molar-refractivity contribution in [2.24, 2.45) is 0 Å². The predicted molar refractivity (Wildman–Crippen MR) is 101 cm³/mol. The third-order valence-corrected chi connectivity index (χ3v) is 4.10. The lowest BCUT2D eigenvalue weighted by molar-refractivity contribution is -0.136. The van der Waals surface area contributed by atoms with E-state index < -0.39 is 5.97 Å². The van der Waals surface area contributed by atoms with Crippen molar-refractivity contribution < 1.29 is 14.6 Å². The second kappa shape index (κ2) is 7.29. The minimum atomic E-state index is -0.912. The fourth-order valence-corrected chi connectivity index (χ4v) is 2.79. The van der Waals surface area contributed by atoms with E-state index in [0.29, 0.717) is 17.9 Å². The van der Waals surface area contributed by atoms with Crippen molar-refractivity contribution in [3.63, 3.8) is 0 Å². The Hall–Kier alpha value is -3.67. The minimum Gasteiger partial charge on any atom is -0.489 e. The molecule has 6 nitrogen and oxygen atoms in total. The molecule has 0 radical (unpaired) electrons. The van der Waals surface area contributed by atoms with Gasteiger partial charge in [0.05, 0.1) is 24.0 Å². The van der Waals surface area contributed by atoms with Crippen molar-refractivity contribution in [2.75, 3.05) is 0 Å². The fraction of sp³-hybridized carbons (Fsp3) is 0.0952. The van der Waals surface area contributed by atoms with Crippen molar-refractivity contribution in [1.82, 2.24) is 14.6 Å². The van der Waals surface area contributed by atoms with Gasteiger partial charge < -0.3 is 9.84 Å². The summed E-state index contributed by atoms with van der Waals surface area (Å²) in [6.07, 6.45) is 1.52. The standard InChI is InChI=1S/C21H17N3O3/c25-21(26)12-17-13-24-20(22-17)11-10-19(23-24)16-6-8-18(9-7-16)27-14-15-4-2-1-3-5-15/h1-11,13H,12,14H2,(H,25,26). The lowest BCUT2D eigenvalue weighted by Gasteiger charge is -2.07. The molecule has 2 aromatic carbocycles. The maximum atomic E-state index is 10.8. The first-order valence-electron chi connectivity index (χ1n) is 8.52. The molecule has 0 spiro atoms. The third-order valence-electron chi connectivity index (χ3n) is 4.10. The highest BCUT2D eigenvalue weighted by Gasteiger charge is 2.08. The lowest BCUT2D eigenvalue weighted by atomic mass is 10.1. The molecule has 0 saturated carbocycles. The van der Waals surface area contributed by atoms with Gasteiger partial charge in [-0.3, -0.25) is 4.79 Å². The molecule has 2 aromatic heterocycles. The Morgan fingerprint density at radius 2 is 1.78 bits per heavy atom. The van der Waals surface area contributed by atoms with Crippen LogP contribution in [0.1, 0.15) is 11.3 Å². The van der Waals surface area contributed by atoms with E-state index in [0.717, 1.165) is 22.6 Å². The van der Waals surface area contributed by atoms with Crippen molar-refractivity contribution in [3.8, 4) is 17.0 Å². The molecule has 0 saturated heterocycles. The molecule has 27 heavy (non-hydrogen) atoms. The summed E-state index contributed by atoms with van der Waals surface area (Å²) in [6, 6.07) is 21.4. The highest BCUT2D eigenvalue weighted by Crippen LogP contribution is 2.22. The van der Waals surface area contributed by atoms with E-state index in [1.54, 1.807) is 10.7 Å². The Kier molecular flexibility index (Phi) is 4.53. The van der Waals surface area contributed by atoms with Crippen LogP contribution in [-0.2, 0) is 17.8 Å². The summed E-state index contributed by atoms with van der Waals surface area (Å²) < 4.78 is 7.41. The van der Waals surface area contributed by atoms with E-state index in [4.69, 9.17) is 9.84 Å². The molecule has 134 valence electrons. The second-order valence-electron chi connectivity index (χ2n) is 6.12.